The van der Waals surface area contributed by atoms with Gasteiger partial charge in [-0.05, 0) is 61.8 Å². The monoisotopic (exact) mass is 440 g/mol. The molecule has 0 heterocycles. The molecule has 0 spiro atoms. The molecule has 1 amide bonds. The van der Waals surface area contributed by atoms with Gasteiger partial charge in [-0.3, -0.25) is 9.79 Å². The van der Waals surface area contributed by atoms with E-state index in [2.05, 4.69) is 57.8 Å². The number of nitrogens with zero attached hydrogens (tertiary/aromatic N) is 2. The molecule has 0 bridgehead atoms. The summed E-state index contributed by atoms with van der Waals surface area (Å²) in [5, 5.41) is 3.24. The van der Waals surface area contributed by atoms with Crippen LogP contribution in [0.15, 0.2) is 47.6 Å². The first-order valence-corrected chi connectivity index (χ1v) is 12.0. The van der Waals surface area contributed by atoms with E-state index >= 15 is 0 Å². The molecule has 0 saturated carbocycles. The quantitative estimate of drug-likeness (QED) is 0.211. The average Bonchev–Trinajstić information content (AvgIpc) is 2.80. The maximum atomic E-state index is 13.0. The zero-order valence-corrected chi connectivity index (χ0v) is 21.1. The molecule has 1 aromatic rings. The highest BCUT2D eigenvalue weighted by atomic mass is 16.2. The summed E-state index contributed by atoms with van der Waals surface area (Å²) in [4.78, 5) is 19.9. The van der Waals surface area contributed by atoms with Crippen LogP contribution in [0.25, 0.3) is 0 Å². The number of amides is 1. The summed E-state index contributed by atoms with van der Waals surface area (Å²) in [6, 6.07) is 6.28. The van der Waals surface area contributed by atoms with Crippen molar-refractivity contribution in [3.05, 3.63) is 53.8 Å². The number of hydrogen-bond acceptors (Lipinski definition) is 4. The number of carbonyl (C=O) groups is 1. The zero-order chi connectivity index (χ0) is 24.1. The van der Waals surface area contributed by atoms with Crippen molar-refractivity contribution in [1.82, 2.24) is 4.90 Å². The molecule has 0 aliphatic rings. The van der Waals surface area contributed by atoms with Crippen molar-refractivity contribution in [2.24, 2.45) is 16.6 Å². The van der Waals surface area contributed by atoms with E-state index in [0.29, 0.717) is 18.8 Å². The Bertz CT molecular complexity index is 797. The number of rotatable bonds is 14. The largest absolute Gasteiger partial charge is 0.394 e. The third-order valence-electron chi connectivity index (χ3n) is 5.93. The summed E-state index contributed by atoms with van der Waals surface area (Å²) < 4.78 is 0. The van der Waals surface area contributed by atoms with Crippen LogP contribution in [-0.4, -0.2) is 36.7 Å². The number of aryl methyl sites for hydroxylation is 1. The van der Waals surface area contributed by atoms with E-state index in [1.807, 2.05) is 24.9 Å². The molecule has 0 fully saturated rings. The SMILES string of the molecule is C=CCC(N=C(/C=C(\N)C(=O)N(CCC)CCC(C)CC)CC)c1ccc(C)c(NC)c1. The number of carbonyl (C=O) groups excluding carboxylic acids is 1. The molecule has 0 aliphatic heterocycles. The number of benzene rings is 1. The molecule has 1 rings (SSSR count). The maximum Gasteiger partial charge on any atom is 0.269 e. The van der Waals surface area contributed by atoms with Crippen LogP contribution in [0.4, 0.5) is 5.69 Å². The topological polar surface area (TPSA) is 70.7 Å². The molecule has 178 valence electrons. The lowest BCUT2D eigenvalue weighted by atomic mass is 10.0. The first-order chi connectivity index (χ1) is 15.3. The molecule has 5 nitrogen and oxygen atoms in total. The highest BCUT2D eigenvalue weighted by Gasteiger charge is 2.17. The highest BCUT2D eigenvalue weighted by molar-refractivity contribution is 6.03. The smallest absolute Gasteiger partial charge is 0.269 e. The van der Waals surface area contributed by atoms with Crippen molar-refractivity contribution in [3.63, 3.8) is 0 Å². The molecule has 3 N–H and O–H groups in total. The van der Waals surface area contributed by atoms with Crippen molar-refractivity contribution in [2.75, 3.05) is 25.5 Å². The number of hydrogen-bond donors (Lipinski definition) is 2. The summed E-state index contributed by atoms with van der Waals surface area (Å²) in [5.41, 5.74) is 10.8. The minimum atomic E-state index is -0.0932. The van der Waals surface area contributed by atoms with E-state index in [-0.39, 0.29) is 17.6 Å². The van der Waals surface area contributed by atoms with Gasteiger partial charge in [-0.2, -0.15) is 0 Å². The van der Waals surface area contributed by atoms with Gasteiger partial charge in [0.15, 0.2) is 0 Å². The molecule has 0 aliphatic carbocycles. The van der Waals surface area contributed by atoms with Gasteiger partial charge < -0.3 is 16.0 Å². The van der Waals surface area contributed by atoms with E-state index in [9.17, 15) is 4.79 Å². The third kappa shape index (κ3) is 8.52. The number of aliphatic imine (C=N–C) groups is 1. The van der Waals surface area contributed by atoms with Crippen LogP contribution in [-0.2, 0) is 4.79 Å². The van der Waals surface area contributed by atoms with Crippen LogP contribution in [0, 0.1) is 12.8 Å². The lowest BCUT2D eigenvalue weighted by Crippen LogP contribution is -2.36. The Morgan fingerprint density at radius 1 is 1.28 bits per heavy atom. The fourth-order valence-corrected chi connectivity index (χ4v) is 3.56. The Kier molecular flexibility index (Phi) is 12.4. The van der Waals surface area contributed by atoms with E-state index in [1.54, 1.807) is 6.08 Å². The van der Waals surface area contributed by atoms with E-state index in [0.717, 1.165) is 49.3 Å². The summed E-state index contributed by atoms with van der Waals surface area (Å²) in [6.07, 6.45) is 8.09. The van der Waals surface area contributed by atoms with Gasteiger partial charge in [0, 0.05) is 31.5 Å². The standard InChI is InChI=1S/C27H44N4O/c1-8-12-25(22-14-13-21(6)26(18-22)29-7)30-23(11-4)19-24(28)27(32)31(16-9-2)17-15-20(5)10-3/h8,13-14,18-20,25,29H,1,9-12,15-17,28H2,2-7H3/b24-19-,30-23?. The van der Waals surface area contributed by atoms with Crippen LogP contribution in [0.5, 0.6) is 0 Å². The minimum absolute atomic E-state index is 0.0635. The predicted octanol–water partition coefficient (Wildman–Crippen LogP) is 6.02. The van der Waals surface area contributed by atoms with Crippen LogP contribution in [0.1, 0.15) is 77.0 Å². The molecule has 1 aromatic carbocycles. The molecule has 0 radical (unpaired) electrons. The summed E-state index contributed by atoms with van der Waals surface area (Å²) in [5.74, 6) is 0.501. The van der Waals surface area contributed by atoms with Gasteiger partial charge in [0.05, 0.1) is 11.7 Å². The summed E-state index contributed by atoms with van der Waals surface area (Å²) in [6.45, 7) is 16.0. The van der Waals surface area contributed by atoms with Crippen molar-refractivity contribution < 1.29 is 4.79 Å². The first-order valence-electron chi connectivity index (χ1n) is 12.0. The van der Waals surface area contributed by atoms with Crippen LogP contribution < -0.4 is 11.1 Å². The molecular weight excluding hydrogens is 396 g/mol. The van der Waals surface area contributed by atoms with Gasteiger partial charge in [0.1, 0.15) is 0 Å². The van der Waals surface area contributed by atoms with Crippen LogP contribution in [0.3, 0.4) is 0 Å². The third-order valence-corrected chi connectivity index (χ3v) is 5.93. The maximum absolute atomic E-state index is 13.0. The number of nitrogens with two attached hydrogens (primary N) is 1. The summed E-state index contributed by atoms with van der Waals surface area (Å²) >= 11 is 0. The first kappa shape index (κ1) is 27.5. The Morgan fingerprint density at radius 2 is 2.00 bits per heavy atom. The highest BCUT2D eigenvalue weighted by Crippen LogP contribution is 2.27. The Balaban J connectivity index is 3.15. The number of anilines is 1. The van der Waals surface area contributed by atoms with Crippen LogP contribution in [0.2, 0.25) is 0 Å². The normalized spacial score (nSPS) is 14.1. The fraction of sp³-hybridized carbons (Fsp3) is 0.556. The molecule has 0 saturated heterocycles. The summed E-state index contributed by atoms with van der Waals surface area (Å²) in [7, 11) is 1.92. The Morgan fingerprint density at radius 3 is 2.56 bits per heavy atom. The van der Waals surface area contributed by atoms with Gasteiger partial charge in [0.25, 0.3) is 5.91 Å². The second kappa shape index (κ2) is 14.5. The molecule has 2 atom stereocenters. The fourth-order valence-electron chi connectivity index (χ4n) is 3.56. The Labute approximate surface area is 195 Å². The van der Waals surface area contributed by atoms with Crippen molar-refractivity contribution in [3.8, 4) is 0 Å². The lowest BCUT2D eigenvalue weighted by molar-refractivity contribution is -0.127. The number of nitrogens with one attached hydrogen (secondary N) is 1. The zero-order valence-electron chi connectivity index (χ0n) is 21.1. The lowest BCUT2D eigenvalue weighted by Gasteiger charge is -2.24. The molecule has 2 unspecified atom stereocenters. The molecule has 0 aromatic heterocycles. The second-order valence-corrected chi connectivity index (χ2v) is 8.53. The average molecular weight is 441 g/mol. The Hall–Kier alpha value is -2.56. The van der Waals surface area contributed by atoms with Gasteiger partial charge in [0.2, 0.25) is 0 Å². The number of allylic oxidation sites excluding steroid dienone is 1. The van der Waals surface area contributed by atoms with Gasteiger partial charge in [-0.1, -0.05) is 52.3 Å². The van der Waals surface area contributed by atoms with Gasteiger partial charge in [-0.25, -0.2) is 0 Å². The van der Waals surface area contributed by atoms with Crippen molar-refractivity contribution >= 4 is 17.3 Å². The van der Waals surface area contributed by atoms with Crippen LogP contribution >= 0.6 is 0 Å². The van der Waals surface area contributed by atoms with E-state index < -0.39 is 0 Å². The van der Waals surface area contributed by atoms with Gasteiger partial charge >= 0.3 is 0 Å². The van der Waals surface area contributed by atoms with Crippen molar-refractivity contribution in [2.45, 2.75) is 72.8 Å². The molecule has 32 heavy (non-hydrogen) atoms. The van der Waals surface area contributed by atoms with Crippen molar-refractivity contribution in [1.29, 1.82) is 0 Å². The second-order valence-electron chi connectivity index (χ2n) is 8.53. The molecular formula is C27H44N4O. The van der Waals surface area contributed by atoms with E-state index in [1.165, 1.54) is 5.56 Å². The molecule has 5 heteroatoms. The predicted molar refractivity (Wildman–Crippen MR) is 139 cm³/mol. The minimum Gasteiger partial charge on any atom is -0.394 e. The van der Waals surface area contributed by atoms with E-state index in [4.69, 9.17) is 10.7 Å². The van der Waals surface area contributed by atoms with Gasteiger partial charge in [-0.15, -0.1) is 6.58 Å².